The first-order chi connectivity index (χ1) is 14.2. The second-order valence-electron chi connectivity index (χ2n) is 6.66. The minimum Gasteiger partial charge on any atom is -0.487 e. The van der Waals surface area contributed by atoms with Crippen LogP contribution >= 0.6 is 23.2 Å². The quantitative estimate of drug-likeness (QED) is 0.242. The fraction of sp³-hybridized carbons (Fsp3) is 0.0800. The predicted octanol–water partition coefficient (Wildman–Crippen LogP) is 7.25. The number of halogens is 2. The molecule has 4 aromatic rings. The van der Waals surface area contributed by atoms with Gasteiger partial charge >= 0.3 is 0 Å². The number of hydrogen-bond donors (Lipinski definition) is 0. The number of allylic oxidation sites excluding steroid dienone is 1. The molecule has 144 valence electrons. The zero-order chi connectivity index (χ0) is 20.1. The van der Waals surface area contributed by atoms with E-state index in [2.05, 4.69) is 23.2 Å². The molecule has 0 unspecified atom stereocenters. The van der Waals surface area contributed by atoms with Crippen LogP contribution in [0.3, 0.4) is 0 Å². The molecule has 0 spiro atoms. The fourth-order valence-corrected chi connectivity index (χ4v) is 3.43. The highest BCUT2D eigenvalue weighted by Gasteiger charge is 2.04. The summed E-state index contributed by atoms with van der Waals surface area (Å²) in [5.41, 5.74) is 5.04. The summed E-state index contributed by atoms with van der Waals surface area (Å²) in [6.07, 6.45) is 2.07. The van der Waals surface area contributed by atoms with Gasteiger partial charge < -0.3 is 4.74 Å². The summed E-state index contributed by atoms with van der Waals surface area (Å²) < 4.78 is 5.91. The van der Waals surface area contributed by atoms with E-state index in [-0.39, 0.29) is 0 Å². The van der Waals surface area contributed by atoms with Crippen LogP contribution in [0.25, 0.3) is 22.6 Å². The molecule has 0 bridgehead atoms. The van der Waals surface area contributed by atoms with Crippen LogP contribution in [0.15, 0.2) is 84.9 Å². The van der Waals surface area contributed by atoms with Gasteiger partial charge in [-0.2, -0.15) is 0 Å². The van der Waals surface area contributed by atoms with Crippen molar-refractivity contribution in [2.45, 2.75) is 6.61 Å². The van der Waals surface area contributed by atoms with Crippen LogP contribution < -0.4 is 4.74 Å². The molecule has 4 rings (SSSR count). The molecule has 0 saturated heterocycles. The highest BCUT2D eigenvalue weighted by atomic mass is 35.5. The van der Waals surface area contributed by atoms with Crippen molar-refractivity contribution in [3.05, 3.63) is 107 Å². The summed E-state index contributed by atoms with van der Waals surface area (Å²) in [5, 5.41) is 1.85. The molecule has 1 aromatic heterocycles. The second kappa shape index (κ2) is 9.13. The number of aromatic nitrogens is 1. The van der Waals surface area contributed by atoms with Gasteiger partial charge in [-0.3, -0.25) is 0 Å². The summed E-state index contributed by atoms with van der Waals surface area (Å²) in [4.78, 5) is 4.64. The molecule has 0 aliphatic heterocycles. The average molecular weight is 420 g/mol. The maximum absolute atomic E-state index is 6.18. The number of ether oxygens (including phenoxy) is 1. The molecule has 0 fully saturated rings. The van der Waals surface area contributed by atoms with Crippen LogP contribution in [-0.2, 0) is 6.61 Å². The van der Waals surface area contributed by atoms with Crippen molar-refractivity contribution in [2.24, 2.45) is 0 Å². The average Bonchev–Trinajstić information content (AvgIpc) is 2.77. The zero-order valence-electron chi connectivity index (χ0n) is 15.7. The molecule has 0 N–H and O–H groups in total. The third-order valence-corrected chi connectivity index (χ3v) is 5.16. The van der Waals surface area contributed by atoms with E-state index in [0.717, 1.165) is 44.1 Å². The molecule has 3 aromatic carbocycles. The number of rotatable bonds is 6. The van der Waals surface area contributed by atoms with E-state index in [1.54, 1.807) is 0 Å². The van der Waals surface area contributed by atoms with Crippen LogP contribution in [0.1, 0.15) is 16.8 Å². The lowest BCUT2D eigenvalue weighted by molar-refractivity contribution is 0.302. The van der Waals surface area contributed by atoms with Crippen molar-refractivity contribution in [3.8, 4) is 5.75 Å². The van der Waals surface area contributed by atoms with E-state index in [1.807, 2.05) is 72.8 Å². The van der Waals surface area contributed by atoms with E-state index in [9.17, 15) is 0 Å². The topological polar surface area (TPSA) is 22.1 Å². The zero-order valence-corrected chi connectivity index (χ0v) is 17.2. The Morgan fingerprint density at radius 2 is 1.62 bits per heavy atom. The molecular weight excluding hydrogens is 401 g/mol. The molecule has 2 nitrogen and oxygen atoms in total. The summed E-state index contributed by atoms with van der Waals surface area (Å²) in [5.74, 6) is 1.22. The van der Waals surface area contributed by atoms with Crippen molar-refractivity contribution in [1.82, 2.24) is 4.98 Å². The predicted molar refractivity (Wildman–Crippen MR) is 123 cm³/mol. The molecule has 0 amide bonds. The maximum atomic E-state index is 6.18. The number of fused-ring (bicyclic) bond motifs is 1. The molecule has 0 atom stereocenters. The van der Waals surface area contributed by atoms with Crippen molar-refractivity contribution in [2.75, 3.05) is 5.88 Å². The van der Waals surface area contributed by atoms with Gasteiger partial charge in [-0.1, -0.05) is 60.1 Å². The maximum Gasteiger partial charge on any atom is 0.130 e. The van der Waals surface area contributed by atoms with E-state index < -0.39 is 0 Å². The van der Waals surface area contributed by atoms with Crippen molar-refractivity contribution in [3.63, 3.8) is 0 Å². The summed E-state index contributed by atoms with van der Waals surface area (Å²) in [6, 6.07) is 27.8. The Kier molecular flexibility index (Phi) is 6.14. The van der Waals surface area contributed by atoms with Crippen molar-refractivity contribution >= 4 is 45.8 Å². The third kappa shape index (κ3) is 4.97. The molecular formula is C25H19Cl2NO. The van der Waals surface area contributed by atoms with Crippen LogP contribution in [0.4, 0.5) is 0 Å². The Morgan fingerprint density at radius 1 is 0.862 bits per heavy atom. The molecule has 1 heterocycles. The lowest BCUT2D eigenvalue weighted by Gasteiger charge is -2.09. The molecule has 0 aliphatic carbocycles. The first-order valence-electron chi connectivity index (χ1n) is 9.31. The Morgan fingerprint density at radius 3 is 2.38 bits per heavy atom. The third-order valence-electron chi connectivity index (χ3n) is 4.62. The number of para-hydroxylation sites is 1. The number of alkyl halides is 1. The summed E-state index contributed by atoms with van der Waals surface area (Å²) >= 11 is 12.1. The summed E-state index contributed by atoms with van der Waals surface area (Å²) in [6.45, 7) is 0.424. The smallest absolute Gasteiger partial charge is 0.130 e. The highest BCUT2D eigenvalue weighted by Crippen LogP contribution is 2.24. The Balaban J connectivity index is 1.45. The first kappa shape index (κ1) is 19.5. The second-order valence-corrected chi connectivity index (χ2v) is 7.37. The molecule has 4 heteroatoms. The van der Waals surface area contributed by atoms with Gasteiger partial charge in [-0.15, -0.1) is 11.6 Å². The number of benzene rings is 3. The minimum atomic E-state index is 0.420. The van der Waals surface area contributed by atoms with Gasteiger partial charge in [-0.25, -0.2) is 4.98 Å². The number of pyridine rings is 1. The lowest BCUT2D eigenvalue weighted by atomic mass is 10.0. The van der Waals surface area contributed by atoms with E-state index in [1.165, 1.54) is 0 Å². The van der Waals surface area contributed by atoms with Crippen molar-refractivity contribution in [1.29, 1.82) is 0 Å². The van der Waals surface area contributed by atoms with Gasteiger partial charge in [0.05, 0.1) is 11.2 Å². The summed E-state index contributed by atoms with van der Waals surface area (Å²) in [7, 11) is 0. The number of nitrogens with zero attached hydrogens (tertiary/aromatic N) is 1. The van der Waals surface area contributed by atoms with Crippen molar-refractivity contribution < 1.29 is 4.74 Å². The molecule has 0 radical (unpaired) electrons. The van der Waals surface area contributed by atoms with E-state index in [4.69, 9.17) is 27.9 Å². The van der Waals surface area contributed by atoms with Crippen LogP contribution in [-0.4, -0.2) is 10.9 Å². The fourth-order valence-electron chi connectivity index (χ4n) is 3.07. The molecule has 0 saturated carbocycles. The molecule has 29 heavy (non-hydrogen) atoms. The largest absolute Gasteiger partial charge is 0.487 e. The Hall–Kier alpha value is -2.81. The van der Waals surface area contributed by atoms with E-state index in [0.29, 0.717) is 12.5 Å². The lowest BCUT2D eigenvalue weighted by Crippen LogP contribution is -1.98. The SMILES string of the molecule is ClC/C(=C/c1ccc(Cl)cc1)c1ccc(OCc2ccc3ccccc3n2)cc1. The van der Waals surface area contributed by atoms with Gasteiger partial charge in [0.2, 0.25) is 0 Å². The van der Waals surface area contributed by atoms with Crippen LogP contribution in [0, 0.1) is 0 Å². The van der Waals surface area contributed by atoms with E-state index >= 15 is 0 Å². The standard InChI is InChI=1S/C25H19Cl2NO/c26-16-21(15-18-5-10-22(27)11-6-18)19-8-13-24(14-9-19)29-17-23-12-7-20-3-1-2-4-25(20)28-23/h1-15H,16-17H2/b21-15-. The van der Waals surface area contributed by atoms with Gasteiger partial charge in [0, 0.05) is 16.3 Å². The van der Waals surface area contributed by atoms with Crippen LogP contribution in [0.5, 0.6) is 5.75 Å². The Labute approximate surface area is 180 Å². The first-order valence-corrected chi connectivity index (χ1v) is 10.2. The van der Waals surface area contributed by atoms with Gasteiger partial charge in [0.1, 0.15) is 12.4 Å². The monoisotopic (exact) mass is 419 g/mol. The minimum absolute atomic E-state index is 0.420. The van der Waals surface area contributed by atoms with Gasteiger partial charge in [-0.05, 0) is 59.2 Å². The van der Waals surface area contributed by atoms with Gasteiger partial charge in [0.15, 0.2) is 0 Å². The molecule has 0 aliphatic rings. The normalized spacial score (nSPS) is 11.6. The van der Waals surface area contributed by atoms with Gasteiger partial charge in [0.25, 0.3) is 0 Å². The van der Waals surface area contributed by atoms with Crippen LogP contribution in [0.2, 0.25) is 5.02 Å². The Bertz CT molecular complexity index is 1140. The number of hydrogen-bond acceptors (Lipinski definition) is 2. The highest BCUT2D eigenvalue weighted by molar-refractivity contribution is 6.30.